The van der Waals surface area contributed by atoms with E-state index in [1.165, 1.54) is 0 Å². The molecular weight excluding hydrogens is 322 g/mol. The number of rotatable bonds is 4. The van der Waals surface area contributed by atoms with Crippen molar-refractivity contribution < 1.29 is 9.15 Å². The largest absolute Gasteiger partial charge is 0.461 e. The molecule has 25 heavy (non-hydrogen) atoms. The van der Waals surface area contributed by atoms with Gasteiger partial charge < -0.3 is 9.15 Å². The number of hydrogen-bond acceptors (Lipinski definition) is 7. The van der Waals surface area contributed by atoms with E-state index in [0.29, 0.717) is 17.2 Å². The van der Waals surface area contributed by atoms with Crippen LogP contribution in [-0.2, 0) is 11.3 Å². The first-order valence-electron chi connectivity index (χ1n) is 8.29. The second kappa shape index (κ2) is 5.94. The van der Waals surface area contributed by atoms with Crippen molar-refractivity contribution >= 4 is 16.7 Å². The predicted octanol–water partition coefficient (Wildman–Crippen LogP) is 1.07. The van der Waals surface area contributed by atoms with E-state index in [0.717, 1.165) is 50.4 Å². The molecule has 0 aromatic carbocycles. The Kier molecular flexibility index (Phi) is 3.46. The van der Waals surface area contributed by atoms with Crippen LogP contribution in [0.2, 0.25) is 0 Å². The van der Waals surface area contributed by atoms with Crippen LogP contribution in [0.5, 0.6) is 0 Å². The first-order valence-corrected chi connectivity index (χ1v) is 8.29. The van der Waals surface area contributed by atoms with Gasteiger partial charge in [-0.25, -0.2) is 14.5 Å². The molecule has 0 amide bonds. The summed E-state index contributed by atoms with van der Waals surface area (Å²) in [4.78, 5) is 11.3. The molecule has 1 aliphatic heterocycles. The van der Waals surface area contributed by atoms with E-state index in [1.807, 2.05) is 23.0 Å². The van der Waals surface area contributed by atoms with Crippen molar-refractivity contribution in [2.75, 3.05) is 32.8 Å². The molecular formula is C16H17N7O2. The quantitative estimate of drug-likeness (QED) is 0.549. The molecule has 5 heterocycles. The molecule has 0 N–H and O–H groups in total. The molecule has 1 saturated heterocycles. The van der Waals surface area contributed by atoms with Gasteiger partial charge in [-0.15, -0.1) is 5.10 Å². The zero-order valence-corrected chi connectivity index (χ0v) is 13.6. The highest BCUT2D eigenvalue weighted by Gasteiger charge is 2.15. The van der Waals surface area contributed by atoms with Crippen LogP contribution in [-0.4, -0.2) is 67.1 Å². The Morgan fingerprint density at radius 2 is 2.04 bits per heavy atom. The van der Waals surface area contributed by atoms with Crippen molar-refractivity contribution in [1.29, 1.82) is 0 Å². The summed E-state index contributed by atoms with van der Waals surface area (Å²) in [7, 11) is 0. The summed E-state index contributed by atoms with van der Waals surface area (Å²) >= 11 is 0. The third kappa shape index (κ3) is 2.67. The van der Waals surface area contributed by atoms with Gasteiger partial charge in [0.15, 0.2) is 17.1 Å². The monoisotopic (exact) mass is 339 g/mol. The Labute approximate surface area is 142 Å². The summed E-state index contributed by atoms with van der Waals surface area (Å²) in [5, 5.41) is 9.87. The average molecular weight is 339 g/mol. The number of morpholine rings is 1. The summed E-state index contributed by atoms with van der Waals surface area (Å²) in [5.74, 6) is 1.18. The van der Waals surface area contributed by atoms with E-state index in [-0.39, 0.29) is 0 Å². The Morgan fingerprint density at radius 3 is 2.88 bits per heavy atom. The Hall–Kier alpha value is -2.78. The van der Waals surface area contributed by atoms with Crippen molar-refractivity contribution in [3.05, 3.63) is 30.9 Å². The molecule has 128 valence electrons. The second-order valence-corrected chi connectivity index (χ2v) is 6.01. The maximum Gasteiger partial charge on any atom is 0.217 e. The summed E-state index contributed by atoms with van der Waals surface area (Å²) in [6.45, 7) is 5.30. The minimum Gasteiger partial charge on any atom is -0.461 e. The number of fused-ring (bicyclic) bond motifs is 3. The molecule has 9 nitrogen and oxygen atoms in total. The molecule has 0 unspecified atom stereocenters. The van der Waals surface area contributed by atoms with E-state index >= 15 is 0 Å². The fourth-order valence-electron chi connectivity index (χ4n) is 3.05. The zero-order chi connectivity index (χ0) is 16.6. The molecule has 0 saturated carbocycles. The fourth-order valence-corrected chi connectivity index (χ4v) is 3.05. The lowest BCUT2D eigenvalue weighted by Crippen LogP contribution is -2.38. The lowest BCUT2D eigenvalue weighted by Gasteiger charge is -2.26. The standard InChI is InChI=1S/C16H17N7O2/c1-2-13(25-7-1)15-18-16-12-10-22(4-3-21-5-8-24-9-6-21)19-14(12)17-11-23(16)20-15/h1-2,7,10-11H,3-6,8-9H2. The van der Waals surface area contributed by atoms with E-state index in [1.54, 1.807) is 17.1 Å². The molecule has 0 atom stereocenters. The van der Waals surface area contributed by atoms with Gasteiger partial charge in [0.25, 0.3) is 0 Å². The van der Waals surface area contributed by atoms with Gasteiger partial charge in [-0.3, -0.25) is 9.58 Å². The van der Waals surface area contributed by atoms with Crippen molar-refractivity contribution in [3.63, 3.8) is 0 Å². The third-order valence-corrected chi connectivity index (χ3v) is 4.39. The molecule has 5 rings (SSSR count). The van der Waals surface area contributed by atoms with Gasteiger partial charge in [0.05, 0.1) is 31.4 Å². The molecule has 0 spiro atoms. The van der Waals surface area contributed by atoms with Gasteiger partial charge in [0, 0.05) is 25.8 Å². The lowest BCUT2D eigenvalue weighted by atomic mass is 10.4. The number of ether oxygens (including phenoxy) is 1. The van der Waals surface area contributed by atoms with E-state index in [9.17, 15) is 0 Å². The zero-order valence-electron chi connectivity index (χ0n) is 13.6. The van der Waals surface area contributed by atoms with Crippen molar-refractivity contribution in [3.8, 4) is 11.6 Å². The van der Waals surface area contributed by atoms with E-state index < -0.39 is 0 Å². The molecule has 4 aromatic heterocycles. The highest BCUT2D eigenvalue weighted by Crippen LogP contribution is 2.20. The van der Waals surface area contributed by atoms with Gasteiger partial charge in [0.2, 0.25) is 5.82 Å². The number of furan rings is 1. The number of hydrogen-bond donors (Lipinski definition) is 0. The summed E-state index contributed by atoms with van der Waals surface area (Å²) in [5.41, 5.74) is 1.40. The Morgan fingerprint density at radius 1 is 1.12 bits per heavy atom. The molecule has 0 radical (unpaired) electrons. The van der Waals surface area contributed by atoms with Gasteiger partial charge in [-0.05, 0) is 12.1 Å². The summed E-state index contributed by atoms with van der Waals surface area (Å²) in [6.07, 6.45) is 5.23. The SMILES string of the molecule is c1coc(-c2nc3c4cn(CCN5CCOCC5)nc4ncn3n2)c1. The van der Waals surface area contributed by atoms with Crippen LogP contribution in [0.25, 0.3) is 28.3 Å². The second-order valence-electron chi connectivity index (χ2n) is 6.01. The molecule has 0 aliphatic carbocycles. The van der Waals surface area contributed by atoms with Crippen LogP contribution in [0, 0.1) is 0 Å². The summed E-state index contributed by atoms with van der Waals surface area (Å²) < 4.78 is 14.3. The van der Waals surface area contributed by atoms with E-state index in [2.05, 4.69) is 25.1 Å². The molecule has 0 bridgehead atoms. The molecule has 9 heteroatoms. The smallest absolute Gasteiger partial charge is 0.217 e. The van der Waals surface area contributed by atoms with Crippen LogP contribution in [0.1, 0.15) is 0 Å². The van der Waals surface area contributed by atoms with E-state index in [4.69, 9.17) is 9.15 Å². The molecule has 1 fully saturated rings. The first-order chi connectivity index (χ1) is 12.4. The number of aromatic nitrogens is 6. The predicted molar refractivity (Wildman–Crippen MR) is 89.0 cm³/mol. The van der Waals surface area contributed by atoms with Gasteiger partial charge in [-0.1, -0.05) is 0 Å². The van der Waals surface area contributed by atoms with Gasteiger partial charge in [-0.2, -0.15) is 5.10 Å². The van der Waals surface area contributed by atoms with Gasteiger partial charge in [0.1, 0.15) is 6.33 Å². The van der Waals surface area contributed by atoms with Crippen LogP contribution in [0.3, 0.4) is 0 Å². The van der Waals surface area contributed by atoms with Crippen molar-refractivity contribution in [2.24, 2.45) is 0 Å². The topological polar surface area (TPSA) is 86.5 Å². The van der Waals surface area contributed by atoms with Crippen molar-refractivity contribution in [1.82, 2.24) is 34.3 Å². The van der Waals surface area contributed by atoms with Crippen LogP contribution < -0.4 is 0 Å². The number of nitrogens with zero attached hydrogens (tertiary/aromatic N) is 7. The molecule has 1 aliphatic rings. The fraction of sp³-hybridized carbons (Fsp3) is 0.375. The Balaban J connectivity index is 1.45. The third-order valence-electron chi connectivity index (χ3n) is 4.39. The van der Waals surface area contributed by atoms with Crippen LogP contribution in [0.4, 0.5) is 0 Å². The Bertz CT molecular complexity index is 998. The maximum atomic E-state index is 5.38. The van der Waals surface area contributed by atoms with Crippen LogP contribution >= 0.6 is 0 Å². The average Bonchev–Trinajstić information content (AvgIpc) is 3.37. The highest BCUT2D eigenvalue weighted by atomic mass is 16.5. The first kappa shape index (κ1) is 14.6. The van der Waals surface area contributed by atoms with Gasteiger partial charge >= 0.3 is 0 Å². The van der Waals surface area contributed by atoms with Crippen LogP contribution in [0.15, 0.2) is 35.3 Å². The highest BCUT2D eigenvalue weighted by molar-refractivity contribution is 5.88. The minimum atomic E-state index is 0.542. The maximum absolute atomic E-state index is 5.38. The minimum absolute atomic E-state index is 0.542. The summed E-state index contributed by atoms with van der Waals surface area (Å²) in [6, 6.07) is 3.66. The normalized spacial score (nSPS) is 16.2. The lowest BCUT2D eigenvalue weighted by molar-refractivity contribution is 0.0360. The molecule has 4 aromatic rings. The van der Waals surface area contributed by atoms with Crippen molar-refractivity contribution in [2.45, 2.75) is 6.54 Å².